The Morgan fingerprint density at radius 1 is 1.46 bits per heavy atom. The second-order valence-electron chi connectivity index (χ2n) is 3.54. The maximum absolute atomic E-state index is 9.47. The average Bonchev–Trinajstić information content (AvgIpc) is 2.90. The third-order valence-electron chi connectivity index (χ3n) is 2.26. The largest absolute Gasteiger partial charge is 0.508 e. The van der Waals surface area contributed by atoms with Gasteiger partial charge in [-0.15, -0.1) is 0 Å². The van der Waals surface area contributed by atoms with Crippen molar-refractivity contribution in [3.05, 3.63) is 23.8 Å². The molecule has 0 atom stereocenters. The Hall–Kier alpha value is -1.22. The van der Waals surface area contributed by atoms with E-state index in [1.807, 2.05) is 6.07 Å². The summed E-state index contributed by atoms with van der Waals surface area (Å²) in [5.41, 5.74) is 7.19. The lowest BCUT2D eigenvalue weighted by Crippen LogP contribution is -2.15. The summed E-state index contributed by atoms with van der Waals surface area (Å²) in [5, 5.41) is 12.8. The number of benzene rings is 1. The van der Waals surface area contributed by atoms with Crippen LogP contribution in [0.2, 0.25) is 0 Å². The quantitative estimate of drug-likeness (QED) is 0.482. The summed E-state index contributed by atoms with van der Waals surface area (Å²) >= 11 is 0. The number of anilines is 1. The molecular weight excluding hydrogens is 164 g/mol. The lowest BCUT2D eigenvalue weighted by Gasteiger charge is -2.06. The molecule has 3 nitrogen and oxygen atoms in total. The van der Waals surface area contributed by atoms with E-state index < -0.39 is 0 Å². The highest BCUT2D eigenvalue weighted by Crippen LogP contribution is 2.23. The molecule has 0 aliphatic heterocycles. The molecule has 1 fully saturated rings. The third-order valence-corrected chi connectivity index (χ3v) is 2.26. The maximum Gasteiger partial charge on any atom is 0.120 e. The third kappa shape index (κ3) is 2.12. The van der Waals surface area contributed by atoms with E-state index in [4.69, 9.17) is 5.73 Å². The van der Waals surface area contributed by atoms with Crippen molar-refractivity contribution in [2.75, 3.05) is 5.73 Å². The van der Waals surface area contributed by atoms with Gasteiger partial charge in [0.25, 0.3) is 0 Å². The van der Waals surface area contributed by atoms with Crippen LogP contribution < -0.4 is 11.1 Å². The first-order chi connectivity index (χ1) is 6.25. The van der Waals surface area contributed by atoms with Gasteiger partial charge in [-0.2, -0.15) is 0 Å². The zero-order chi connectivity index (χ0) is 9.26. The van der Waals surface area contributed by atoms with Gasteiger partial charge in [0.05, 0.1) is 0 Å². The summed E-state index contributed by atoms with van der Waals surface area (Å²) in [6.07, 6.45) is 2.51. The Bertz CT molecular complexity index is 308. The molecule has 13 heavy (non-hydrogen) atoms. The number of nitrogens with two attached hydrogens (primary N) is 1. The number of phenols is 1. The molecule has 70 valence electrons. The van der Waals surface area contributed by atoms with Crippen LogP contribution in [0.15, 0.2) is 18.2 Å². The number of hydrogen-bond acceptors (Lipinski definition) is 3. The molecular formula is C10H14N2O. The minimum absolute atomic E-state index is 0.322. The number of nitrogen functional groups attached to an aromatic ring is 1. The Kier molecular flexibility index (Phi) is 2.10. The molecule has 4 N–H and O–H groups in total. The fourth-order valence-electron chi connectivity index (χ4n) is 1.29. The van der Waals surface area contributed by atoms with Crippen molar-refractivity contribution in [3.63, 3.8) is 0 Å². The lowest BCUT2D eigenvalue weighted by molar-refractivity contribution is 0.464. The standard InChI is InChI=1S/C10H14N2O/c11-8-1-4-10(13)7(5-8)6-12-9-2-3-9/h1,4-5,9,12-13H,2-3,6,11H2. The fourth-order valence-corrected chi connectivity index (χ4v) is 1.29. The molecule has 1 aliphatic rings. The molecule has 0 unspecified atom stereocenters. The zero-order valence-electron chi connectivity index (χ0n) is 7.46. The van der Waals surface area contributed by atoms with E-state index in [1.165, 1.54) is 12.8 Å². The van der Waals surface area contributed by atoms with Gasteiger partial charge in [-0.05, 0) is 31.0 Å². The number of hydrogen-bond donors (Lipinski definition) is 3. The van der Waals surface area contributed by atoms with Gasteiger partial charge in [-0.3, -0.25) is 0 Å². The van der Waals surface area contributed by atoms with E-state index >= 15 is 0 Å². The van der Waals surface area contributed by atoms with Crippen molar-refractivity contribution in [2.45, 2.75) is 25.4 Å². The predicted octanol–water partition coefficient (Wildman–Crippen LogP) is 1.23. The Morgan fingerprint density at radius 3 is 2.92 bits per heavy atom. The highest BCUT2D eigenvalue weighted by Gasteiger charge is 2.20. The summed E-state index contributed by atoms with van der Waals surface area (Å²) in [7, 11) is 0. The minimum atomic E-state index is 0.322. The van der Waals surface area contributed by atoms with Gasteiger partial charge in [0.2, 0.25) is 0 Å². The SMILES string of the molecule is Nc1ccc(O)c(CNC2CC2)c1. The van der Waals surface area contributed by atoms with Crippen molar-refractivity contribution in [3.8, 4) is 5.75 Å². The summed E-state index contributed by atoms with van der Waals surface area (Å²) in [5.74, 6) is 0.322. The topological polar surface area (TPSA) is 58.3 Å². The molecule has 0 heterocycles. The van der Waals surface area contributed by atoms with Crippen LogP contribution >= 0.6 is 0 Å². The zero-order valence-corrected chi connectivity index (χ0v) is 7.46. The Balaban J connectivity index is 2.03. The molecule has 0 bridgehead atoms. The molecule has 0 spiro atoms. The van der Waals surface area contributed by atoms with Gasteiger partial charge in [0, 0.05) is 23.8 Å². The second-order valence-corrected chi connectivity index (χ2v) is 3.54. The summed E-state index contributed by atoms with van der Waals surface area (Å²) in [4.78, 5) is 0. The van der Waals surface area contributed by atoms with E-state index in [9.17, 15) is 5.11 Å². The molecule has 0 radical (unpaired) electrons. The first kappa shape index (κ1) is 8.38. The fraction of sp³-hybridized carbons (Fsp3) is 0.400. The molecule has 3 heteroatoms. The average molecular weight is 178 g/mol. The summed E-state index contributed by atoms with van der Waals surface area (Å²) < 4.78 is 0. The van der Waals surface area contributed by atoms with Gasteiger partial charge in [0.15, 0.2) is 0 Å². The van der Waals surface area contributed by atoms with Gasteiger partial charge < -0.3 is 16.2 Å². The highest BCUT2D eigenvalue weighted by atomic mass is 16.3. The van der Waals surface area contributed by atoms with Crippen LogP contribution in [0.5, 0.6) is 5.75 Å². The normalized spacial score (nSPS) is 16.0. The number of aromatic hydroxyl groups is 1. The van der Waals surface area contributed by atoms with Crippen LogP contribution in [-0.2, 0) is 6.54 Å². The van der Waals surface area contributed by atoms with Crippen LogP contribution in [-0.4, -0.2) is 11.1 Å². The number of nitrogens with one attached hydrogen (secondary N) is 1. The Morgan fingerprint density at radius 2 is 2.23 bits per heavy atom. The molecule has 1 saturated carbocycles. The van der Waals surface area contributed by atoms with E-state index in [-0.39, 0.29) is 0 Å². The van der Waals surface area contributed by atoms with Gasteiger partial charge in [0.1, 0.15) is 5.75 Å². The van der Waals surface area contributed by atoms with Crippen molar-refractivity contribution < 1.29 is 5.11 Å². The summed E-state index contributed by atoms with van der Waals surface area (Å²) in [6.45, 7) is 0.710. The van der Waals surface area contributed by atoms with Crippen LogP contribution in [0.4, 0.5) is 5.69 Å². The van der Waals surface area contributed by atoms with Crippen molar-refractivity contribution in [1.29, 1.82) is 0 Å². The first-order valence-electron chi connectivity index (χ1n) is 4.56. The maximum atomic E-state index is 9.47. The van der Waals surface area contributed by atoms with Crippen molar-refractivity contribution in [2.24, 2.45) is 0 Å². The molecule has 0 amide bonds. The molecule has 0 saturated heterocycles. The minimum Gasteiger partial charge on any atom is -0.508 e. The summed E-state index contributed by atoms with van der Waals surface area (Å²) in [6, 6.07) is 5.81. The molecule has 1 aromatic carbocycles. The Labute approximate surface area is 77.6 Å². The van der Waals surface area contributed by atoms with E-state index in [2.05, 4.69) is 5.32 Å². The molecule has 1 aromatic rings. The van der Waals surface area contributed by atoms with E-state index in [0.717, 1.165) is 5.56 Å². The van der Waals surface area contributed by atoms with Crippen LogP contribution in [0, 0.1) is 0 Å². The molecule has 0 aromatic heterocycles. The van der Waals surface area contributed by atoms with E-state index in [1.54, 1.807) is 12.1 Å². The predicted molar refractivity (Wildman–Crippen MR) is 52.4 cm³/mol. The van der Waals surface area contributed by atoms with Gasteiger partial charge in [-0.25, -0.2) is 0 Å². The first-order valence-corrected chi connectivity index (χ1v) is 4.56. The van der Waals surface area contributed by atoms with Crippen LogP contribution in [0.3, 0.4) is 0 Å². The van der Waals surface area contributed by atoms with Crippen LogP contribution in [0.1, 0.15) is 18.4 Å². The molecule has 1 aliphatic carbocycles. The number of rotatable bonds is 3. The van der Waals surface area contributed by atoms with Crippen molar-refractivity contribution >= 4 is 5.69 Å². The van der Waals surface area contributed by atoms with Crippen molar-refractivity contribution in [1.82, 2.24) is 5.32 Å². The molecule has 2 rings (SSSR count). The number of phenolic OH excluding ortho intramolecular Hbond substituents is 1. The van der Waals surface area contributed by atoms with Gasteiger partial charge >= 0.3 is 0 Å². The lowest BCUT2D eigenvalue weighted by atomic mass is 10.2. The van der Waals surface area contributed by atoms with E-state index in [0.29, 0.717) is 24.0 Å². The second kappa shape index (κ2) is 3.26. The van der Waals surface area contributed by atoms with Gasteiger partial charge in [-0.1, -0.05) is 0 Å². The smallest absolute Gasteiger partial charge is 0.120 e. The highest BCUT2D eigenvalue weighted by molar-refractivity contribution is 5.47. The van der Waals surface area contributed by atoms with Crippen LogP contribution in [0.25, 0.3) is 0 Å². The monoisotopic (exact) mass is 178 g/mol.